The minimum Gasteiger partial charge on any atom is -0.493 e. The molecule has 1 heterocycles. The molecule has 1 amide bonds. The Balaban J connectivity index is 1.59. The first-order valence-corrected chi connectivity index (χ1v) is 8.82. The van der Waals surface area contributed by atoms with Crippen molar-refractivity contribution in [2.24, 2.45) is 5.41 Å². The van der Waals surface area contributed by atoms with Crippen LogP contribution in [-0.2, 0) is 4.79 Å². The molecule has 1 N–H and O–H groups in total. The molecule has 3 rings (SSSR count). The van der Waals surface area contributed by atoms with Gasteiger partial charge in [0.05, 0.1) is 12.8 Å². The summed E-state index contributed by atoms with van der Waals surface area (Å²) >= 11 is 0. The van der Waals surface area contributed by atoms with E-state index in [4.69, 9.17) is 9.15 Å². The number of hydrogen-bond donors (Lipinski definition) is 1. The van der Waals surface area contributed by atoms with Crippen molar-refractivity contribution in [1.29, 1.82) is 0 Å². The largest absolute Gasteiger partial charge is 0.493 e. The molecule has 0 bridgehead atoms. The van der Waals surface area contributed by atoms with Crippen LogP contribution in [0, 0.1) is 5.41 Å². The van der Waals surface area contributed by atoms with Crippen LogP contribution in [-0.4, -0.2) is 23.7 Å². The monoisotopic (exact) mass is 382 g/mol. The van der Waals surface area contributed by atoms with Gasteiger partial charge in [0.15, 0.2) is 0 Å². The van der Waals surface area contributed by atoms with Crippen molar-refractivity contribution in [1.82, 2.24) is 4.98 Å². The number of benzene rings is 1. The van der Waals surface area contributed by atoms with E-state index in [0.29, 0.717) is 17.9 Å². The van der Waals surface area contributed by atoms with Crippen molar-refractivity contribution in [3.05, 3.63) is 30.5 Å². The maximum atomic E-state index is 12.3. The molecule has 5 nitrogen and oxygen atoms in total. The van der Waals surface area contributed by atoms with Crippen molar-refractivity contribution in [3.63, 3.8) is 0 Å². The second-order valence-corrected chi connectivity index (χ2v) is 7.17. The van der Waals surface area contributed by atoms with Crippen molar-refractivity contribution >= 4 is 11.8 Å². The van der Waals surface area contributed by atoms with Gasteiger partial charge in [-0.25, -0.2) is 4.98 Å². The maximum absolute atomic E-state index is 12.3. The molecule has 0 atom stereocenters. The van der Waals surface area contributed by atoms with Crippen molar-refractivity contribution in [2.45, 2.75) is 45.2 Å². The van der Waals surface area contributed by atoms with Crippen molar-refractivity contribution in [3.8, 4) is 17.2 Å². The van der Waals surface area contributed by atoms with Gasteiger partial charge in [-0.15, -0.1) is 0 Å². The lowest BCUT2D eigenvalue weighted by atomic mass is 9.76. The fourth-order valence-corrected chi connectivity index (χ4v) is 3.15. The Morgan fingerprint density at radius 1 is 1.22 bits per heavy atom. The normalized spacial score (nSPS) is 16.7. The summed E-state index contributed by atoms with van der Waals surface area (Å²) in [5.74, 6) is -1.65. The molecule has 0 radical (unpaired) electrons. The smallest absolute Gasteiger partial charge is 0.471 e. The third-order valence-electron chi connectivity index (χ3n) is 4.75. The minimum atomic E-state index is -4.99. The van der Waals surface area contributed by atoms with Crippen LogP contribution < -0.4 is 10.1 Å². The lowest BCUT2D eigenvalue weighted by Crippen LogP contribution is -2.29. The van der Waals surface area contributed by atoms with Crippen LogP contribution in [0.5, 0.6) is 5.75 Å². The first-order valence-electron chi connectivity index (χ1n) is 8.82. The Morgan fingerprint density at radius 3 is 2.52 bits per heavy atom. The quantitative estimate of drug-likeness (QED) is 0.773. The summed E-state index contributed by atoms with van der Waals surface area (Å²) in [5.41, 5.74) is 0.768. The van der Waals surface area contributed by atoms with Gasteiger partial charge in [-0.1, -0.05) is 26.2 Å². The third kappa shape index (κ3) is 5.02. The highest BCUT2D eigenvalue weighted by molar-refractivity contribution is 5.93. The average molecular weight is 382 g/mol. The lowest BCUT2D eigenvalue weighted by molar-refractivity contribution is -0.167. The minimum absolute atomic E-state index is 0.110. The van der Waals surface area contributed by atoms with E-state index >= 15 is 0 Å². The highest BCUT2D eigenvalue weighted by Gasteiger charge is 2.39. The predicted molar refractivity (Wildman–Crippen MR) is 93.3 cm³/mol. The molecule has 1 fully saturated rings. The third-order valence-corrected chi connectivity index (χ3v) is 4.75. The first kappa shape index (κ1) is 19.3. The fourth-order valence-electron chi connectivity index (χ4n) is 3.15. The average Bonchev–Trinajstić information content (AvgIpc) is 3.09. The van der Waals surface area contributed by atoms with Gasteiger partial charge >= 0.3 is 12.1 Å². The zero-order valence-electron chi connectivity index (χ0n) is 14.9. The molecule has 0 aliphatic heterocycles. The molecule has 2 aromatic rings. The van der Waals surface area contributed by atoms with Gasteiger partial charge in [0.2, 0.25) is 11.8 Å². The van der Waals surface area contributed by atoms with Crippen LogP contribution in [0.2, 0.25) is 0 Å². The predicted octanol–water partition coefficient (Wildman–Crippen LogP) is 5.19. The Hall–Kier alpha value is -2.51. The molecule has 27 heavy (non-hydrogen) atoms. The number of carbonyl (C=O) groups is 1. The number of halogens is 3. The SMILES string of the molecule is CC1(COc2ccc(-c3ncc(NC(=O)C(F)(F)F)o3)cc2)CCCCC1. The number of rotatable bonds is 5. The topological polar surface area (TPSA) is 64.4 Å². The van der Waals surface area contributed by atoms with Crippen LogP contribution in [0.1, 0.15) is 39.0 Å². The number of anilines is 1. The van der Waals surface area contributed by atoms with Gasteiger partial charge in [-0.2, -0.15) is 13.2 Å². The number of nitrogens with zero attached hydrogens (tertiary/aromatic N) is 1. The summed E-state index contributed by atoms with van der Waals surface area (Å²) < 4.78 is 47.8. The number of alkyl halides is 3. The number of amides is 1. The fraction of sp³-hybridized carbons (Fsp3) is 0.474. The molecular weight excluding hydrogens is 361 g/mol. The van der Waals surface area contributed by atoms with E-state index in [1.54, 1.807) is 29.6 Å². The van der Waals surface area contributed by atoms with E-state index in [2.05, 4.69) is 11.9 Å². The Morgan fingerprint density at radius 2 is 1.89 bits per heavy atom. The summed E-state index contributed by atoms with van der Waals surface area (Å²) in [6.45, 7) is 2.89. The van der Waals surface area contributed by atoms with Gasteiger partial charge in [-0.3, -0.25) is 10.1 Å². The molecule has 146 valence electrons. The van der Waals surface area contributed by atoms with Crippen molar-refractivity contribution < 1.29 is 27.1 Å². The Kier molecular flexibility index (Phi) is 5.43. The summed E-state index contributed by atoms with van der Waals surface area (Å²) in [7, 11) is 0. The van der Waals surface area contributed by atoms with Gasteiger partial charge in [0, 0.05) is 11.0 Å². The van der Waals surface area contributed by atoms with Crippen LogP contribution in [0.4, 0.5) is 19.1 Å². The maximum Gasteiger partial charge on any atom is 0.471 e. The van der Waals surface area contributed by atoms with Gasteiger partial charge in [0.1, 0.15) is 5.75 Å². The van der Waals surface area contributed by atoms with Gasteiger partial charge in [-0.05, 0) is 37.1 Å². The van der Waals surface area contributed by atoms with Crippen molar-refractivity contribution in [2.75, 3.05) is 11.9 Å². The van der Waals surface area contributed by atoms with E-state index in [1.807, 2.05) is 0 Å². The molecule has 8 heteroatoms. The number of ether oxygens (including phenoxy) is 1. The molecule has 0 spiro atoms. The van der Waals surface area contributed by atoms with Crippen LogP contribution in [0.25, 0.3) is 11.5 Å². The summed E-state index contributed by atoms with van der Waals surface area (Å²) in [5, 5.41) is 1.63. The second kappa shape index (κ2) is 7.62. The summed E-state index contributed by atoms with van der Waals surface area (Å²) in [4.78, 5) is 14.8. The molecule has 0 saturated heterocycles. The van der Waals surface area contributed by atoms with Gasteiger partial charge in [0.25, 0.3) is 0 Å². The molecule has 1 aromatic heterocycles. The van der Waals surface area contributed by atoms with E-state index in [-0.39, 0.29) is 17.2 Å². The summed E-state index contributed by atoms with van der Waals surface area (Å²) in [6, 6.07) is 6.94. The van der Waals surface area contributed by atoms with E-state index in [1.165, 1.54) is 19.3 Å². The number of nitrogens with one attached hydrogen (secondary N) is 1. The van der Waals surface area contributed by atoms with E-state index in [9.17, 15) is 18.0 Å². The van der Waals surface area contributed by atoms with Crippen LogP contribution >= 0.6 is 0 Å². The Labute approximate surface area is 154 Å². The number of aromatic nitrogens is 1. The number of oxazole rings is 1. The number of carbonyl (C=O) groups excluding carboxylic acids is 1. The molecule has 0 unspecified atom stereocenters. The molecule has 1 aliphatic carbocycles. The highest BCUT2D eigenvalue weighted by Crippen LogP contribution is 2.36. The highest BCUT2D eigenvalue weighted by atomic mass is 19.4. The zero-order chi connectivity index (χ0) is 19.5. The molecule has 1 aliphatic rings. The zero-order valence-corrected chi connectivity index (χ0v) is 14.9. The molecule has 1 aromatic carbocycles. The first-order chi connectivity index (χ1) is 12.8. The second-order valence-electron chi connectivity index (χ2n) is 7.17. The Bertz CT molecular complexity index is 778. The molecular formula is C19H21F3N2O3. The van der Waals surface area contributed by atoms with Gasteiger partial charge < -0.3 is 9.15 Å². The van der Waals surface area contributed by atoms with E-state index < -0.39 is 12.1 Å². The van der Waals surface area contributed by atoms with Crippen LogP contribution in [0.3, 0.4) is 0 Å². The molecule has 1 saturated carbocycles. The lowest BCUT2D eigenvalue weighted by Gasteiger charge is -2.33. The summed E-state index contributed by atoms with van der Waals surface area (Å²) in [6.07, 6.45) is 2.12. The number of hydrogen-bond acceptors (Lipinski definition) is 4. The van der Waals surface area contributed by atoms with Crippen LogP contribution in [0.15, 0.2) is 34.9 Å². The standard InChI is InChI=1S/C19H21F3N2O3/c1-18(9-3-2-4-10-18)12-26-14-7-5-13(6-8-14)16-23-11-15(27-16)24-17(25)19(20,21)22/h5-8,11H,2-4,9-10,12H2,1H3,(H,24,25). The van der Waals surface area contributed by atoms with E-state index in [0.717, 1.165) is 19.0 Å².